The molecule has 0 amide bonds. The zero-order chi connectivity index (χ0) is 6.41. The van der Waals surface area contributed by atoms with Crippen LogP contribution in [0.4, 0.5) is 0 Å². The van der Waals surface area contributed by atoms with Crippen molar-refractivity contribution in [2.75, 3.05) is 6.61 Å². The first kappa shape index (κ1) is 7.92. The molecule has 0 aromatic heterocycles. The van der Waals surface area contributed by atoms with E-state index in [0.29, 0.717) is 0 Å². The Morgan fingerprint density at radius 1 is 1.62 bits per heavy atom. The molecular weight excluding hydrogens is 102 g/mol. The first-order valence-electron chi connectivity index (χ1n) is 3.15. The summed E-state index contributed by atoms with van der Waals surface area (Å²) in [4.78, 5) is 0. The van der Waals surface area contributed by atoms with Crippen LogP contribution in [0, 0.1) is 0 Å². The molecule has 2 heteroatoms. The molecule has 0 fully saturated rings. The molecule has 0 aromatic carbocycles. The summed E-state index contributed by atoms with van der Waals surface area (Å²) in [6.07, 6.45) is 3.11. The van der Waals surface area contributed by atoms with Crippen LogP contribution < -0.4 is 5.73 Å². The van der Waals surface area contributed by atoms with Gasteiger partial charge in [0.15, 0.2) is 0 Å². The minimum Gasteiger partial charge on any atom is -0.326 e. The lowest BCUT2D eigenvalue weighted by atomic mass is 10.1. The van der Waals surface area contributed by atoms with E-state index in [9.17, 15) is 5.11 Å². The van der Waals surface area contributed by atoms with Crippen molar-refractivity contribution in [2.45, 2.75) is 32.2 Å². The monoisotopic (exact) mass is 116 g/mol. The van der Waals surface area contributed by atoms with Crippen molar-refractivity contribution < 1.29 is 5.11 Å². The van der Waals surface area contributed by atoms with Crippen molar-refractivity contribution in [1.82, 2.24) is 0 Å². The van der Waals surface area contributed by atoms with Crippen LogP contribution in [0.5, 0.6) is 0 Å². The van der Waals surface area contributed by atoms with Crippen LogP contribution in [0.15, 0.2) is 0 Å². The van der Waals surface area contributed by atoms with Crippen molar-refractivity contribution in [3.05, 3.63) is 0 Å². The summed E-state index contributed by atoms with van der Waals surface area (Å²) in [5.74, 6) is 0. The van der Waals surface area contributed by atoms with Crippen LogP contribution in [0.25, 0.3) is 0 Å². The molecule has 2 N–H and O–H groups in total. The lowest BCUT2D eigenvalue weighted by Gasteiger charge is -2.02. The third-order valence-electron chi connectivity index (χ3n) is 1.14. The highest BCUT2D eigenvalue weighted by atomic mass is 16.3. The van der Waals surface area contributed by atoms with E-state index in [1.54, 1.807) is 0 Å². The van der Waals surface area contributed by atoms with Crippen molar-refractivity contribution in [2.24, 2.45) is 5.73 Å². The number of rotatable bonds is 4. The molecule has 0 saturated heterocycles. The van der Waals surface area contributed by atoms with Crippen LogP contribution >= 0.6 is 0 Å². The molecule has 0 aliphatic heterocycles. The fraction of sp³-hybridized carbons (Fsp3) is 1.00. The van der Waals surface area contributed by atoms with Gasteiger partial charge in [-0.05, 0) is 6.42 Å². The van der Waals surface area contributed by atoms with Gasteiger partial charge in [0, 0.05) is 6.04 Å². The number of unbranched alkanes of at least 4 members (excludes halogenated alkanes) is 1. The van der Waals surface area contributed by atoms with Crippen LogP contribution in [0.2, 0.25) is 0 Å². The SMILES string of the molecule is CCCCC(N)C[O]. The van der Waals surface area contributed by atoms with Gasteiger partial charge in [-0.1, -0.05) is 19.8 Å². The minimum absolute atomic E-state index is 0.102. The highest BCUT2D eigenvalue weighted by molar-refractivity contribution is 4.56. The molecule has 0 saturated carbocycles. The van der Waals surface area contributed by atoms with Crippen LogP contribution in [0.1, 0.15) is 26.2 Å². The Kier molecular flexibility index (Phi) is 5.01. The molecule has 0 aromatic rings. The van der Waals surface area contributed by atoms with E-state index in [2.05, 4.69) is 6.92 Å². The van der Waals surface area contributed by atoms with E-state index in [1.807, 2.05) is 0 Å². The Hall–Kier alpha value is -0.0800. The lowest BCUT2D eigenvalue weighted by molar-refractivity contribution is 0.168. The molecule has 0 spiro atoms. The van der Waals surface area contributed by atoms with Crippen molar-refractivity contribution in [3.63, 3.8) is 0 Å². The van der Waals surface area contributed by atoms with Crippen molar-refractivity contribution in [1.29, 1.82) is 0 Å². The van der Waals surface area contributed by atoms with Gasteiger partial charge < -0.3 is 5.73 Å². The van der Waals surface area contributed by atoms with Gasteiger partial charge in [-0.15, -0.1) is 0 Å². The maximum absolute atomic E-state index is 10.0. The highest BCUT2D eigenvalue weighted by Crippen LogP contribution is 1.96. The molecule has 49 valence electrons. The summed E-state index contributed by atoms with van der Waals surface area (Å²) in [6, 6.07) is -0.102. The molecule has 2 nitrogen and oxygen atoms in total. The van der Waals surface area contributed by atoms with Gasteiger partial charge in [0.1, 0.15) is 0 Å². The quantitative estimate of drug-likeness (QED) is 0.583. The Labute approximate surface area is 50.7 Å². The van der Waals surface area contributed by atoms with E-state index >= 15 is 0 Å². The highest BCUT2D eigenvalue weighted by Gasteiger charge is 1.97. The average molecular weight is 116 g/mol. The number of hydrogen-bond donors (Lipinski definition) is 1. The van der Waals surface area contributed by atoms with Gasteiger partial charge in [0.2, 0.25) is 0 Å². The molecule has 1 radical (unpaired) electrons. The molecule has 8 heavy (non-hydrogen) atoms. The standard InChI is InChI=1S/C6H14NO/c1-2-3-4-6(7)5-8/h6H,2-5,7H2,1H3. The molecular formula is C6H14NO. The maximum Gasteiger partial charge on any atom is 0.0973 e. The number of nitrogens with two attached hydrogens (primary N) is 1. The van der Waals surface area contributed by atoms with Gasteiger partial charge >= 0.3 is 0 Å². The van der Waals surface area contributed by atoms with E-state index in [-0.39, 0.29) is 12.6 Å². The Morgan fingerprint density at radius 3 is 2.62 bits per heavy atom. The molecule has 0 rings (SSSR count). The molecule has 0 heterocycles. The molecule has 0 aliphatic carbocycles. The van der Waals surface area contributed by atoms with Gasteiger partial charge in [-0.3, -0.25) is 0 Å². The van der Waals surface area contributed by atoms with E-state index < -0.39 is 0 Å². The summed E-state index contributed by atoms with van der Waals surface area (Å²) in [5, 5.41) is 10.0. The second-order valence-electron chi connectivity index (χ2n) is 2.07. The van der Waals surface area contributed by atoms with E-state index in [1.165, 1.54) is 0 Å². The normalized spacial score (nSPS) is 13.9. The fourth-order valence-corrected chi connectivity index (χ4v) is 0.550. The second-order valence-corrected chi connectivity index (χ2v) is 2.07. The summed E-state index contributed by atoms with van der Waals surface area (Å²) in [7, 11) is 0. The van der Waals surface area contributed by atoms with Gasteiger partial charge in [0.25, 0.3) is 0 Å². The van der Waals surface area contributed by atoms with Gasteiger partial charge in [-0.2, -0.15) is 0 Å². The summed E-state index contributed by atoms with van der Waals surface area (Å²) >= 11 is 0. The van der Waals surface area contributed by atoms with Crippen molar-refractivity contribution >= 4 is 0 Å². The summed E-state index contributed by atoms with van der Waals surface area (Å²) < 4.78 is 0. The molecule has 1 atom stereocenters. The first-order valence-corrected chi connectivity index (χ1v) is 3.15. The maximum atomic E-state index is 10.0. The van der Waals surface area contributed by atoms with E-state index in [4.69, 9.17) is 5.73 Å². The van der Waals surface area contributed by atoms with Gasteiger partial charge in [-0.25, -0.2) is 5.11 Å². The second kappa shape index (κ2) is 5.06. The zero-order valence-electron chi connectivity index (χ0n) is 5.39. The van der Waals surface area contributed by atoms with E-state index in [0.717, 1.165) is 19.3 Å². The van der Waals surface area contributed by atoms with Crippen LogP contribution in [-0.2, 0) is 5.11 Å². The summed E-state index contributed by atoms with van der Waals surface area (Å²) in [5.41, 5.74) is 5.35. The predicted octanol–water partition coefficient (Wildman–Crippen LogP) is 0.934. The zero-order valence-corrected chi connectivity index (χ0v) is 5.39. The summed E-state index contributed by atoms with van der Waals surface area (Å²) in [6.45, 7) is 1.97. The van der Waals surface area contributed by atoms with Crippen LogP contribution in [-0.4, -0.2) is 12.6 Å². The van der Waals surface area contributed by atoms with Crippen molar-refractivity contribution in [3.8, 4) is 0 Å². The third kappa shape index (κ3) is 4.09. The largest absolute Gasteiger partial charge is 0.326 e. The Balaban J connectivity index is 2.86. The Bertz CT molecular complexity index is 47.8. The van der Waals surface area contributed by atoms with Gasteiger partial charge in [0.05, 0.1) is 6.61 Å². The first-order chi connectivity index (χ1) is 3.81. The molecule has 1 unspecified atom stereocenters. The molecule has 0 aliphatic rings. The topological polar surface area (TPSA) is 45.9 Å². The third-order valence-corrected chi connectivity index (χ3v) is 1.14. The molecule has 0 bridgehead atoms. The fourth-order valence-electron chi connectivity index (χ4n) is 0.550. The minimum atomic E-state index is -0.125. The number of hydrogen-bond acceptors (Lipinski definition) is 1. The predicted molar refractivity (Wildman–Crippen MR) is 33.1 cm³/mol. The smallest absolute Gasteiger partial charge is 0.0973 e. The average Bonchev–Trinajstić information content (AvgIpc) is 1.83. The van der Waals surface area contributed by atoms with Crippen LogP contribution in [0.3, 0.4) is 0 Å². The Morgan fingerprint density at radius 2 is 2.25 bits per heavy atom. The lowest BCUT2D eigenvalue weighted by Crippen LogP contribution is -2.22.